The van der Waals surface area contributed by atoms with E-state index in [0.717, 1.165) is 0 Å². The molecule has 0 aliphatic rings. The number of carboxylic acid groups (broad SMARTS) is 2. The van der Waals surface area contributed by atoms with Gasteiger partial charge in [-0.1, -0.05) is 13.8 Å². The quantitative estimate of drug-likeness (QED) is 0.114. The van der Waals surface area contributed by atoms with Crippen LogP contribution in [0.1, 0.15) is 39.5 Å². The first-order valence-corrected chi connectivity index (χ1v) is 9.81. The molecule has 0 spiro atoms. The number of carboxylic acids is 2. The average molecular weight is 474 g/mol. The van der Waals surface area contributed by atoms with E-state index in [4.69, 9.17) is 22.3 Å². The number of primary amides is 2. The van der Waals surface area contributed by atoms with E-state index in [1.165, 1.54) is 0 Å². The van der Waals surface area contributed by atoms with Crippen LogP contribution in [-0.4, -0.2) is 75.9 Å². The fourth-order valence-corrected chi connectivity index (χ4v) is 2.62. The fourth-order valence-electron chi connectivity index (χ4n) is 2.62. The monoisotopic (exact) mass is 474 g/mol. The topological polar surface area (TPSA) is 274 Å². The van der Waals surface area contributed by atoms with Crippen LogP contribution in [0.15, 0.2) is 0 Å². The Morgan fingerprint density at radius 3 is 1.52 bits per heavy atom. The van der Waals surface area contributed by atoms with Crippen LogP contribution in [0.3, 0.4) is 0 Å². The Hall–Kier alpha value is -3.75. The van der Waals surface area contributed by atoms with E-state index in [1.807, 2.05) is 5.32 Å². The molecule has 15 nitrogen and oxygen atoms in total. The van der Waals surface area contributed by atoms with Crippen LogP contribution < -0.4 is 33.2 Å². The van der Waals surface area contributed by atoms with Crippen molar-refractivity contribution < 1.29 is 43.8 Å². The lowest BCUT2D eigenvalue weighted by Gasteiger charge is -2.24. The second kappa shape index (κ2) is 13.6. The van der Waals surface area contributed by atoms with E-state index < -0.39 is 84.9 Å². The van der Waals surface area contributed by atoms with Gasteiger partial charge in [0.05, 0.1) is 25.3 Å². The normalized spacial score (nSPS) is 14.3. The molecule has 11 N–H and O–H groups in total. The average Bonchev–Trinajstić information content (AvgIpc) is 2.64. The molecule has 0 heterocycles. The number of nitrogens with one attached hydrogen (secondary N) is 3. The Bertz CT molecular complexity index is 785. The summed E-state index contributed by atoms with van der Waals surface area (Å²) < 4.78 is 0. The molecule has 0 saturated carbocycles. The van der Waals surface area contributed by atoms with Crippen molar-refractivity contribution in [3.8, 4) is 0 Å². The number of aliphatic carboxylic acids is 2. The van der Waals surface area contributed by atoms with Crippen LogP contribution in [-0.2, 0) is 33.6 Å². The number of rotatable bonds is 15. The summed E-state index contributed by atoms with van der Waals surface area (Å²) in [5, 5.41) is 24.6. The van der Waals surface area contributed by atoms with Gasteiger partial charge in [0.2, 0.25) is 29.5 Å². The Kier molecular flexibility index (Phi) is 12.1. The minimum absolute atomic E-state index is 0.0494. The van der Waals surface area contributed by atoms with Gasteiger partial charge < -0.3 is 43.4 Å². The summed E-state index contributed by atoms with van der Waals surface area (Å²) in [7, 11) is 0. The molecular weight excluding hydrogens is 444 g/mol. The summed E-state index contributed by atoms with van der Waals surface area (Å²) >= 11 is 0. The fraction of sp³-hybridized carbons (Fsp3) is 0.611. The van der Waals surface area contributed by atoms with Crippen molar-refractivity contribution in [3.05, 3.63) is 0 Å². The first-order chi connectivity index (χ1) is 15.1. The predicted molar refractivity (Wildman–Crippen MR) is 111 cm³/mol. The highest BCUT2D eigenvalue weighted by Crippen LogP contribution is 2.06. The zero-order valence-corrected chi connectivity index (χ0v) is 18.2. The molecular formula is C18H30N6O9. The Morgan fingerprint density at radius 1 is 0.697 bits per heavy atom. The number of carbonyl (C=O) groups is 7. The van der Waals surface area contributed by atoms with Crippen molar-refractivity contribution in [2.24, 2.45) is 23.1 Å². The number of nitrogens with two attached hydrogens (primary N) is 3. The Labute approximate surface area is 188 Å². The van der Waals surface area contributed by atoms with Crippen molar-refractivity contribution in [2.45, 2.75) is 63.7 Å². The second-order valence-electron chi connectivity index (χ2n) is 7.70. The van der Waals surface area contributed by atoms with E-state index in [9.17, 15) is 38.7 Å². The van der Waals surface area contributed by atoms with Gasteiger partial charge in [0, 0.05) is 0 Å². The highest BCUT2D eigenvalue weighted by Gasteiger charge is 2.32. The molecule has 0 rings (SSSR count). The zero-order valence-electron chi connectivity index (χ0n) is 18.2. The third kappa shape index (κ3) is 12.0. The van der Waals surface area contributed by atoms with Gasteiger partial charge in [-0.25, -0.2) is 4.79 Å². The largest absolute Gasteiger partial charge is 0.481 e. The van der Waals surface area contributed by atoms with Gasteiger partial charge in [0.1, 0.15) is 18.1 Å². The molecule has 0 aromatic carbocycles. The summed E-state index contributed by atoms with van der Waals surface area (Å²) in [6, 6.07) is -6.20. The predicted octanol–water partition coefficient (Wildman–Crippen LogP) is -3.88. The summed E-state index contributed by atoms with van der Waals surface area (Å²) in [5.74, 6) is -8.20. The van der Waals surface area contributed by atoms with Crippen molar-refractivity contribution in [1.29, 1.82) is 0 Å². The molecule has 4 atom stereocenters. The van der Waals surface area contributed by atoms with Crippen LogP contribution in [0.2, 0.25) is 0 Å². The molecule has 0 aromatic rings. The molecule has 186 valence electrons. The smallest absolute Gasteiger partial charge is 0.326 e. The summed E-state index contributed by atoms with van der Waals surface area (Å²) in [4.78, 5) is 81.9. The number of hydrogen-bond donors (Lipinski definition) is 8. The number of hydrogen-bond acceptors (Lipinski definition) is 8. The lowest BCUT2D eigenvalue weighted by atomic mass is 10.0. The Balaban J connectivity index is 5.56. The standard InChI is InChI=1S/C18H30N6O9/c1-7(2)3-11(18(32)33)24-16(30)9(5-13(21)26)23-17(31)10(6-14(27)28)22-15(29)8(19)4-12(20)25/h7-11H,3-6,19H2,1-2H3,(H2,20,25)(H2,21,26)(H,22,29)(H,23,31)(H,24,30)(H,27,28)(H,32,33). The van der Waals surface area contributed by atoms with Crippen LogP contribution in [0.4, 0.5) is 0 Å². The van der Waals surface area contributed by atoms with Crippen LogP contribution in [0, 0.1) is 5.92 Å². The number of carbonyl (C=O) groups excluding carboxylic acids is 5. The van der Waals surface area contributed by atoms with Crippen LogP contribution in [0.25, 0.3) is 0 Å². The van der Waals surface area contributed by atoms with Gasteiger partial charge in [-0.05, 0) is 12.3 Å². The van der Waals surface area contributed by atoms with E-state index in [-0.39, 0.29) is 12.3 Å². The maximum absolute atomic E-state index is 12.6. The molecule has 0 aliphatic heterocycles. The van der Waals surface area contributed by atoms with Gasteiger partial charge in [-0.3, -0.25) is 28.8 Å². The lowest BCUT2D eigenvalue weighted by molar-refractivity contribution is -0.143. The Morgan fingerprint density at radius 2 is 1.12 bits per heavy atom. The molecule has 0 aliphatic carbocycles. The van der Waals surface area contributed by atoms with Crippen LogP contribution >= 0.6 is 0 Å². The molecule has 0 aromatic heterocycles. The van der Waals surface area contributed by atoms with Crippen molar-refractivity contribution in [2.75, 3.05) is 0 Å². The number of amides is 5. The third-order valence-corrected chi connectivity index (χ3v) is 4.13. The highest BCUT2D eigenvalue weighted by atomic mass is 16.4. The van der Waals surface area contributed by atoms with E-state index in [2.05, 4.69) is 10.6 Å². The maximum atomic E-state index is 12.6. The summed E-state index contributed by atoms with van der Waals surface area (Å²) in [6.45, 7) is 3.43. The summed E-state index contributed by atoms with van der Waals surface area (Å²) in [6.07, 6.45) is -2.20. The van der Waals surface area contributed by atoms with Gasteiger partial charge in [0.25, 0.3) is 0 Å². The maximum Gasteiger partial charge on any atom is 0.326 e. The SMILES string of the molecule is CC(C)CC(NC(=O)C(CC(N)=O)NC(=O)C(CC(=O)O)NC(=O)C(N)CC(N)=O)C(=O)O. The second-order valence-corrected chi connectivity index (χ2v) is 7.70. The minimum atomic E-state index is -1.75. The molecule has 5 amide bonds. The lowest BCUT2D eigenvalue weighted by Crippen LogP contribution is -2.58. The summed E-state index contributed by atoms with van der Waals surface area (Å²) in [5.41, 5.74) is 15.5. The molecule has 0 bridgehead atoms. The zero-order chi connectivity index (χ0) is 25.9. The van der Waals surface area contributed by atoms with Gasteiger partial charge >= 0.3 is 11.9 Å². The minimum Gasteiger partial charge on any atom is -0.481 e. The molecule has 33 heavy (non-hydrogen) atoms. The van der Waals surface area contributed by atoms with Crippen molar-refractivity contribution in [1.82, 2.24) is 16.0 Å². The van der Waals surface area contributed by atoms with Crippen LogP contribution in [0.5, 0.6) is 0 Å². The first kappa shape index (κ1) is 29.2. The molecule has 4 unspecified atom stereocenters. The highest BCUT2D eigenvalue weighted by molar-refractivity contribution is 5.97. The van der Waals surface area contributed by atoms with Crippen molar-refractivity contribution >= 4 is 41.5 Å². The molecule has 0 fully saturated rings. The van der Waals surface area contributed by atoms with E-state index >= 15 is 0 Å². The van der Waals surface area contributed by atoms with Gasteiger partial charge in [-0.2, -0.15) is 0 Å². The van der Waals surface area contributed by atoms with Gasteiger partial charge in [-0.15, -0.1) is 0 Å². The molecule has 0 radical (unpaired) electrons. The molecule has 0 saturated heterocycles. The van der Waals surface area contributed by atoms with E-state index in [0.29, 0.717) is 0 Å². The van der Waals surface area contributed by atoms with E-state index in [1.54, 1.807) is 13.8 Å². The third-order valence-electron chi connectivity index (χ3n) is 4.13. The van der Waals surface area contributed by atoms with Crippen molar-refractivity contribution in [3.63, 3.8) is 0 Å². The first-order valence-electron chi connectivity index (χ1n) is 9.81. The molecule has 15 heteroatoms. The van der Waals surface area contributed by atoms with Gasteiger partial charge in [0.15, 0.2) is 0 Å².